The predicted molar refractivity (Wildman–Crippen MR) is 62.8 cm³/mol. The van der Waals surface area contributed by atoms with E-state index in [1.165, 1.54) is 0 Å². The standard InChI is InChI=1S/C7H7I2NO/c1-11-6-3-4(8)2-5(9)7(6)10/h2-3H,10H2,1H3. The molecule has 2 N–H and O–H groups in total. The lowest BCUT2D eigenvalue weighted by Crippen LogP contribution is -1.95. The summed E-state index contributed by atoms with van der Waals surface area (Å²) in [4.78, 5) is 0. The van der Waals surface area contributed by atoms with Crippen molar-refractivity contribution in [2.24, 2.45) is 0 Å². The Morgan fingerprint density at radius 1 is 1.36 bits per heavy atom. The quantitative estimate of drug-likeness (QED) is 0.605. The number of nitrogen functional groups attached to an aromatic ring is 1. The Morgan fingerprint density at radius 3 is 2.55 bits per heavy atom. The normalized spacial score (nSPS) is 9.73. The Balaban J connectivity index is 3.24. The molecule has 0 radical (unpaired) electrons. The number of benzene rings is 1. The first kappa shape index (κ1) is 9.37. The lowest BCUT2D eigenvalue weighted by Gasteiger charge is -2.06. The van der Waals surface area contributed by atoms with Crippen LogP contribution in [0, 0.1) is 7.14 Å². The summed E-state index contributed by atoms with van der Waals surface area (Å²) in [6.07, 6.45) is 0. The minimum atomic E-state index is 0.716. The van der Waals surface area contributed by atoms with E-state index in [-0.39, 0.29) is 0 Å². The zero-order valence-electron chi connectivity index (χ0n) is 5.90. The van der Waals surface area contributed by atoms with Gasteiger partial charge in [0.15, 0.2) is 0 Å². The van der Waals surface area contributed by atoms with Crippen LogP contribution in [0.1, 0.15) is 0 Å². The highest BCUT2D eigenvalue weighted by molar-refractivity contribution is 14.1. The Labute approximate surface area is 92.8 Å². The summed E-state index contributed by atoms with van der Waals surface area (Å²) in [6, 6.07) is 3.93. The van der Waals surface area contributed by atoms with E-state index >= 15 is 0 Å². The summed E-state index contributed by atoms with van der Waals surface area (Å²) >= 11 is 4.42. The van der Waals surface area contributed by atoms with E-state index in [1.54, 1.807) is 7.11 Å². The van der Waals surface area contributed by atoms with Crippen LogP contribution in [0.5, 0.6) is 5.75 Å². The Kier molecular flexibility index (Phi) is 3.23. The van der Waals surface area contributed by atoms with E-state index in [2.05, 4.69) is 45.2 Å². The molecule has 4 heteroatoms. The van der Waals surface area contributed by atoms with Crippen molar-refractivity contribution in [3.8, 4) is 5.75 Å². The van der Waals surface area contributed by atoms with Crippen LogP contribution >= 0.6 is 45.2 Å². The molecule has 0 amide bonds. The third kappa shape index (κ3) is 2.11. The molecular formula is C7H7I2NO. The fourth-order valence-corrected chi connectivity index (χ4v) is 2.52. The molecule has 0 aliphatic carbocycles. The third-order valence-electron chi connectivity index (χ3n) is 1.28. The van der Waals surface area contributed by atoms with Gasteiger partial charge in [-0.05, 0) is 57.3 Å². The zero-order valence-corrected chi connectivity index (χ0v) is 10.2. The molecular weight excluding hydrogens is 368 g/mol. The van der Waals surface area contributed by atoms with Crippen LogP contribution < -0.4 is 10.5 Å². The van der Waals surface area contributed by atoms with E-state index in [9.17, 15) is 0 Å². The van der Waals surface area contributed by atoms with Crippen molar-refractivity contribution < 1.29 is 4.74 Å². The highest BCUT2D eigenvalue weighted by atomic mass is 127. The number of hydrogen-bond donors (Lipinski definition) is 1. The van der Waals surface area contributed by atoms with Crippen LogP contribution in [0.2, 0.25) is 0 Å². The van der Waals surface area contributed by atoms with Gasteiger partial charge in [-0.1, -0.05) is 0 Å². The topological polar surface area (TPSA) is 35.2 Å². The first-order valence-electron chi connectivity index (χ1n) is 2.93. The monoisotopic (exact) mass is 375 g/mol. The van der Waals surface area contributed by atoms with Crippen molar-refractivity contribution in [2.45, 2.75) is 0 Å². The van der Waals surface area contributed by atoms with E-state index in [4.69, 9.17) is 10.5 Å². The summed E-state index contributed by atoms with van der Waals surface area (Å²) in [6.45, 7) is 0. The molecule has 0 aromatic heterocycles. The van der Waals surface area contributed by atoms with Crippen molar-refractivity contribution in [1.29, 1.82) is 0 Å². The lowest BCUT2D eigenvalue weighted by molar-refractivity contribution is 0.416. The summed E-state index contributed by atoms with van der Waals surface area (Å²) in [7, 11) is 1.62. The average Bonchev–Trinajstić information content (AvgIpc) is 1.96. The van der Waals surface area contributed by atoms with Crippen molar-refractivity contribution in [3.63, 3.8) is 0 Å². The molecule has 1 aromatic rings. The molecule has 0 atom stereocenters. The molecule has 0 unspecified atom stereocenters. The summed E-state index contributed by atoms with van der Waals surface area (Å²) in [5, 5.41) is 0. The van der Waals surface area contributed by atoms with Crippen LogP contribution in [0.3, 0.4) is 0 Å². The molecule has 2 nitrogen and oxygen atoms in total. The maximum absolute atomic E-state index is 5.73. The molecule has 0 aliphatic rings. The molecule has 0 spiro atoms. The summed E-state index contributed by atoms with van der Waals surface area (Å²) in [5.41, 5.74) is 6.44. The summed E-state index contributed by atoms with van der Waals surface area (Å²) in [5.74, 6) is 0.751. The number of ether oxygens (including phenoxy) is 1. The Hall–Kier alpha value is 0.280. The molecule has 0 heterocycles. The van der Waals surface area contributed by atoms with Crippen molar-refractivity contribution >= 4 is 50.9 Å². The Bertz CT molecular complexity index is 275. The van der Waals surface area contributed by atoms with E-state index in [0.717, 1.165) is 12.9 Å². The maximum Gasteiger partial charge on any atom is 0.143 e. The molecule has 60 valence electrons. The highest BCUT2D eigenvalue weighted by Crippen LogP contribution is 2.28. The molecule has 1 aromatic carbocycles. The number of rotatable bonds is 1. The summed E-state index contributed by atoms with van der Waals surface area (Å²) < 4.78 is 7.24. The van der Waals surface area contributed by atoms with Gasteiger partial charge in [0.2, 0.25) is 0 Å². The van der Waals surface area contributed by atoms with Crippen LogP contribution in [0.25, 0.3) is 0 Å². The second kappa shape index (κ2) is 3.79. The molecule has 0 fully saturated rings. The van der Waals surface area contributed by atoms with Gasteiger partial charge in [-0.2, -0.15) is 0 Å². The average molecular weight is 375 g/mol. The molecule has 11 heavy (non-hydrogen) atoms. The predicted octanol–water partition coefficient (Wildman–Crippen LogP) is 2.49. The van der Waals surface area contributed by atoms with Gasteiger partial charge in [0.1, 0.15) is 5.75 Å². The number of halogens is 2. The first-order chi connectivity index (χ1) is 5.15. The molecule has 0 bridgehead atoms. The van der Waals surface area contributed by atoms with Gasteiger partial charge in [-0.3, -0.25) is 0 Å². The van der Waals surface area contributed by atoms with Gasteiger partial charge in [0, 0.05) is 7.14 Å². The largest absolute Gasteiger partial charge is 0.495 e. The number of hydrogen-bond acceptors (Lipinski definition) is 2. The van der Waals surface area contributed by atoms with Gasteiger partial charge >= 0.3 is 0 Å². The van der Waals surface area contributed by atoms with Gasteiger partial charge in [0.25, 0.3) is 0 Å². The van der Waals surface area contributed by atoms with Crippen molar-refractivity contribution in [3.05, 3.63) is 19.3 Å². The fourth-order valence-electron chi connectivity index (χ4n) is 0.730. The molecule has 0 saturated heterocycles. The van der Waals surface area contributed by atoms with Crippen LogP contribution in [-0.4, -0.2) is 7.11 Å². The Morgan fingerprint density at radius 2 is 2.00 bits per heavy atom. The van der Waals surface area contributed by atoms with Crippen molar-refractivity contribution in [1.82, 2.24) is 0 Å². The molecule has 0 aliphatic heterocycles. The first-order valence-corrected chi connectivity index (χ1v) is 5.09. The lowest BCUT2D eigenvalue weighted by atomic mass is 10.3. The number of anilines is 1. The highest BCUT2D eigenvalue weighted by Gasteiger charge is 2.03. The van der Waals surface area contributed by atoms with Crippen molar-refractivity contribution in [2.75, 3.05) is 12.8 Å². The van der Waals surface area contributed by atoms with E-state index in [0.29, 0.717) is 5.69 Å². The molecule has 0 saturated carbocycles. The van der Waals surface area contributed by atoms with Crippen LogP contribution in [-0.2, 0) is 0 Å². The second-order valence-corrected chi connectivity index (χ2v) is 4.41. The zero-order chi connectivity index (χ0) is 8.43. The number of methoxy groups -OCH3 is 1. The van der Waals surface area contributed by atoms with Gasteiger partial charge in [-0.25, -0.2) is 0 Å². The van der Waals surface area contributed by atoms with Gasteiger partial charge < -0.3 is 10.5 Å². The van der Waals surface area contributed by atoms with Crippen LogP contribution in [0.15, 0.2) is 12.1 Å². The SMILES string of the molecule is COc1cc(I)cc(I)c1N. The second-order valence-electron chi connectivity index (χ2n) is 2.00. The maximum atomic E-state index is 5.73. The smallest absolute Gasteiger partial charge is 0.143 e. The minimum absolute atomic E-state index is 0.716. The third-order valence-corrected chi connectivity index (χ3v) is 2.79. The van der Waals surface area contributed by atoms with Crippen LogP contribution in [0.4, 0.5) is 5.69 Å². The number of nitrogens with two attached hydrogens (primary N) is 1. The minimum Gasteiger partial charge on any atom is -0.495 e. The van der Waals surface area contributed by atoms with E-state index in [1.807, 2.05) is 12.1 Å². The van der Waals surface area contributed by atoms with Gasteiger partial charge in [0.05, 0.1) is 12.8 Å². The van der Waals surface area contributed by atoms with Gasteiger partial charge in [-0.15, -0.1) is 0 Å². The van der Waals surface area contributed by atoms with E-state index < -0.39 is 0 Å². The fraction of sp³-hybridized carbons (Fsp3) is 0.143. The molecule has 1 rings (SSSR count).